The van der Waals surface area contributed by atoms with Gasteiger partial charge in [-0.05, 0) is 25.7 Å². The third-order valence-electron chi connectivity index (χ3n) is 2.72. The number of hydrogen-bond acceptors (Lipinski definition) is 7. The molecular formula is C15H26O8. The van der Waals surface area contributed by atoms with E-state index in [4.69, 9.17) is 5.11 Å². The second kappa shape index (κ2) is 16.3. The number of carboxylic acid groups (broad SMARTS) is 1. The second-order valence-electron chi connectivity index (χ2n) is 4.54. The van der Waals surface area contributed by atoms with Crippen LogP contribution < -0.4 is 0 Å². The van der Waals surface area contributed by atoms with Crippen LogP contribution in [0.3, 0.4) is 0 Å². The lowest BCUT2D eigenvalue weighted by Crippen LogP contribution is -2.02. The maximum atomic E-state index is 10.6. The summed E-state index contributed by atoms with van der Waals surface area (Å²) in [4.78, 5) is 41.7. The van der Waals surface area contributed by atoms with Crippen molar-refractivity contribution in [3.05, 3.63) is 0 Å². The molecule has 0 aromatic heterocycles. The Hall–Kier alpha value is -2.12. The molecular weight excluding hydrogens is 308 g/mol. The largest absolute Gasteiger partial charge is 0.481 e. The third-order valence-corrected chi connectivity index (χ3v) is 2.72. The van der Waals surface area contributed by atoms with E-state index in [1.54, 1.807) is 0 Å². The van der Waals surface area contributed by atoms with Gasteiger partial charge in [-0.15, -0.1) is 0 Å². The number of carboxylic acids is 1. The van der Waals surface area contributed by atoms with Crippen LogP contribution in [0.2, 0.25) is 0 Å². The fourth-order valence-corrected chi connectivity index (χ4v) is 1.39. The van der Waals surface area contributed by atoms with Gasteiger partial charge in [-0.2, -0.15) is 0 Å². The molecule has 0 unspecified atom stereocenters. The van der Waals surface area contributed by atoms with Crippen LogP contribution in [-0.2, 0) is 33.4 Å². The van der Waals surface area contributed by atoms with E-state index >= 15 is 0 Å². The zero-order valence-corrected chi connectivity index (χ0v) is 14.0. The van der Waals surface area contributed by atoms with Crippen LogP contribution in [0.5, 0.6) is 0 Å². The smallest absolute Gasteiger partial charge is 0.305 e. The van der Waals surface area contributed by atoms with Crippen molar-refractivity contribution in [3.8, 4) is 0 Å². The molecule has 0 bridgehead atoms. The van der Waals surface area contributed by atoms with Gasteiger partial charge in [0.2, 0.25) is 0 Å². The minimum Gasteiger partial charge on any atom is -0.481 e. The van der Waals surface area contributed by atoms with Gasteiger partial charge >= 0.3 is 23.9 Å². The van der Waals surface area contributed by atoms with E-state index in [0.717, 1.165) is 0 Å². The fourth-order valence-electron chi connectivity index (χ4n) is 1.39. The Bertz CT molecular complexity index is 346. The standard InChI is InChI=1S/C8H14O4.C7H12O4/c1-11-7(9)5-3-4-6-8(10)12-2;1-11-7(10)5-3-2-4-6(8)9/h3-6H2,1-2H3;2-5H2,1H3,(H,8,9). The van der Waals surface area contributed by atoms with Crippen molar-refractivity contribution in [1.29, 1.82) is 0 Å². The third kappa shape index (κ3) is 19.9. The molecule has 23 heavy (non-hydrogen) atoms. The van der Waals surface area contributed by atoms with Gasteiger partial charge in [0.25, 0.3) is 0 Å². The summed E-state index contributed by atoms with van der Waals surface area (Å²) >= 11 is 0. The minimum atomic E-state index is -0.824. The number of aliphatic carboxylic acids is 1. The maximum Gasteiger partial charge on any atom is 0.305 e. The zero-order valence-electron chi connectivity index (χ0n) is 14.0. The average Bonchev–Trinajstić information content (AvgIpc) is 2.55. The number of hydrogen-bond donors (Lipinski definition) is 1. The molecule has 0 aliphatic rings. The van der Waals surface area contributed by atoms with Crippen LogP contribution in [0.4, 0.5) is 0 Å². The fraction of sp³-hybridized carbons (Fsp3) is 0.733. The lowest BCUT2D eigenvalue weighted by Gasteiger charge is -1.98. The van der Waals surface area contributed by atoms with E-state index in [1.807, 2.05) is 0 Å². The first-order chi connectivity index (χ1) is 10.9. The molecule has 8 nitrogen and oxygen atoms in total. The average molecular weight is 334 g/mol. The number of carbonyl (C=O) groups is 4. The number of esters is 3. The molecule has 8 heteroatoms. The van der Waals surface area contributed by atoms with Gasteiger partial charge < -0.3 is 19.3 Å². The molecule has 0 saturated carbocycles. The highest BCUT2D eigenvalue weighted by Gasteiger charge is 2.03. The van der Waals surface area contributed by atoms with Crippen LogP contribution in [0, 0.1) is 0 Å². The number of ether oxygens (including phenoxy) is 3. The number of carbonyl (C=O) groups excluding carboxylic acids is 3. The lowest BCUT2D eigenvalue weighted by molar-refractivity contribution is -0.142. The second-order valence-corrected chi connectivity index (χ2v) is 4.54. The number of methoxy groups -OCH3 is 3. The molecule has 0 atom stereocenters. The molecule has 0 heterocycles. The molecule has 0 saturated heterocycles. The number of rotatable bonds is 10. The highest BCUT2D eigenvalue weighted by molar-refractivity contribution is 5.70. The molecule has 0 rings (SSSR count). The van der Waals surface area contributed by atoms with Gasteiger partial charge in [0.15, 0.2) is 0 Å². The van der Waals surface area contributed by atoms with Crippen LogP contribution in [0.15, 0.2) is 0 Å². The summed E-state index contributed by atoms with van der Waals surface area (Å²) in [5, 5.41) is 8.22. The zero-order chi connectivity index (χ0) is 18.1. The number of unbranched alkanes of at least 4 members (excludes halogenated alkanes) is 2. The van der Waals surface area contributed by atoms with Crippen molar-refractivity contribution in [2.75, 3.05) is 21.3 Å². The normalized spacial score (nSPS) is 9.17. The van der Waals surface area contributed by atoms with Crippen LogP contribution in [0.25, 0.3) is 0 Å². The highest BCUT2D eigenvalue weighted by Crippen LogP contribution is 2.01. The topological polar surface area (TPSA) is 116 Å². The van der Waals surface area contributed by atoms with Crippen LogP contribution >= 0.6 is 0 Å². The van der Waals surface area contributed by atoms with Crippen molar-refractivity contribution in [1.82, 2.24) is 0 Å². The van der Waals surface area contributed by atoms with Crippen molar-refractivity contribution >= 4 is 23.9 Å². The Labute approximate surface area is 136 Å². The molecule has 0 fully saturated rings. The van der Waals surface area contributed by atoms with E-state index in [-0.39, 0.29) is 24.3 Å². The quantitative estimate of drug-likeness (QED) is 0.364. The van der Waals surface area contributed by atoms with Gasteiger partial charge in [-0.1, -0.05) is 0 Å². The van der Waals surface area contributed by atoms with E-state index in [1.165, 1.54) is 21.3 Å². The van der Waals surface area contributed by atoms with E-state index in [0.29, 0.717) is 44.9 Å². The Morgan fingerprint density at radius 1 is 0.609 bits per heavy atom. The summed E-state index contributed by atoms with van der Waals surface area (Å²) in [6, 6.07) is 0. The Morgan fingerprint density at radius 3 is 1.09 bits per heavy atom. The Morgan fingerprint density at radius 2 is 0.870 bits per heavy atom. The summed E-state index contributed by atoms with van der Waals surface area (Å²) in [5.41, 5.74) is 0. The van der Waals surface area contributed by atoms with Crippen LogP contribution in [0.1, 0.15) is 51.4 Å². The van der Waals surface area contributed by atoms with Gasteiger partial charge in [0.1, 0.15) is 0 Å². The summed E-state index contributed by atoms with van der Waals surface area (Å²) < 4.78 is 13.2. The Balaban J connectivity index is 0. The van der Waals surface area contributed by atoms with E-state index < -0.39 is 5.97 Å². The first-order valence-corrected chi connectivity index (χ1v) is 7.29. The first-order valence-electron chi connectivity index (χ1n) is 7.29. The summed E-state index contributed by atoms with van der Waals surface area (Å²) in [6.45, 7) is 0. The molecule has 0 aromatic carbocycles. The molecule has 0 spiro atoms. The Kier molecular flexibility index (Phi) is 16.4. The monoisotopic (exact) mass is 334 g/mol. The maximum absolute atomic E-state index is 10.6. The highest BCUT2D eigenvalue weighted by atomic mass is 16.5. The van der Waals surface area contributed by atoms with Gasteiger partial charge in [-0.25, -0.2) is 0 Å². The van der Waals surface area contributed by atoms with Crippen molar-refractivity contribution in [2.24, 2.45) is 0 Å². The summed E-state index contributed by atoms with van der Waals surface area (Å²) in [6.07, 6.45) is 3.62. The van der Waals surface area contributed by atoms with Gasteiger partial charge in [-0.3, -0.25) is 19.2 Å². The van der Waals surface area contributed by atoms with Gasteiger partial charge in [0, 0.05) is 25.7 Å². The van der Waals surface area contributed by atoms with Crippen LogP contribution in [-0.4, -0.2) is 50.3 Å². The SMILES string of the molecule is COC(=O)CCCCC(=O)O.COC(=O)CCCCC(=O)OC. The van der Waals surface area contributed by atoms with Crippen molar-refractivity contribution in [3.63, 3.8) is 0 Å². The molecule has 0 amide bonds. The summed E-state index contributed by atoms with van der Waals surface area (Å²) in [7, 11) is 4.02. The predicted octanol–water partition coefficient (Wildman–Crippen LogP) is 1.70. The molecule has 0 aromatic rings. The first kappa shape index (κ1) is 23.2. The summed E-state index contributed by atoms with van der Waals surface area (Å²) in [5.74, 6) is -1.58. The molecule has 0 aliphatic heterocycles. The van der Waals surface area contributed by atoms with Crippen molar-refractivity contribution < 1.29 is 38.5 Å². The van der Waals surface area contributed by atoms with Crippen molar-refractivity contribution in [2.45, 2.75) is 51.4 Å². The molecule has 134 valence electrons. The predicted molar refractivity (Wildman–Crippen MR) is 80.6 cm³/mol. The minimum absolute atomic E-state index is 0.122. The lowest BCUT2D eigenvalue weighted by atomic mass is 10.2. The van der Waals surface area contributed by atoms with E-state index in [2.05, 4.69) is 14.2 Å². The van der Waals surface area contributed by atoms with E-state index in [9.17, 15) is 19.2 Å². The molecule has 0 aliphatic carbocycles. The molecule has 0 radical (unpaired) electrons. The van der Waals surface area contributed by atoms with Gasteiger partial charge in [0.05, 0.1) is 21.3 Å². The molecule has 1 N–H and O–H groups in total.